The highest BCUT2D eigenvalue weighted by atomic mass is 14.9. The lowest BCUT2D eigenvalue weighted by molar-refractivity contribution is 1.07. The summed E-state index contributed by atoms with van der Waals surface area (Å²) in [5, 5.41) is 3.36. The molecule has 16 heavy (non-hydrogen) atoms. The van der Waals surface area contributed by atoms with E-state index in [1.165, 1.54) is 11.1 Å². The molecule has 2 heterocycles. The summed E-state index contributed by atoms with van der Waals surface area (Å²) in [5.41, 5.74) is 4.59. The molecule has 0 atom stereocenters. The molecular weight excluding hydrogens is 198 g/mol. The molecule has 0 radical (unpaired) electrons. The predicted molar refractivity (Wildman–Crippen MR) is 65.3 cm³/mol. The molecule has 0 aliphatic heterocycles. The van der Waals surface area contributed by atoms with Gasteiger partial charge in [-0.25, -0.2) is 0 Å². The van der Waals surface area contributed by atoms with Gasteiger partial charge in [0.2, 0.25) is 0 Å². The van der Waals surface area contributed by atoms with Crippen molar-refractivity contribution >= 4 is 5.69 Å². The van der Waals surface area contributed by atoms with Gasteiger partial charge in [0.15, 0.2) is 0 Å². The summed E-state index contributed by atoms with van der Waals surface area (Å²) in [4.78, 5) is 8.28. The summed E-state index contributed by atoms with van der Waals surface area (Å²) >= 11 is 0. The van der Waals surface area contributed by atoms with Crippen molar-refractivity contribution in [2.45, 2.75) is 20.4 Å². The van der Waals surface area contributed by atoms with Gasteiger partial charge < -0.3 is 5.32 Å². The fourth-order valence-corrected chi connectivity index (χ4v) is 1.53. The van der Waals surface area contributed by atoms with E-state index in [-0.39, 0.29) is 0 Å². The number of nitrogens with zero attached hydrogens (tertiary/aromatic N) is 2. The van der Waals surface area contributed by atoms with Gasteiger partial charge >= 0.3 is 0 Å². The monoisotopic (exact) mass is 213 g/mol. The van der Waals surface area contributed by atoms with E-state index in [4.69, 9.17) is 0 Å². The first-order valence-corrected chi connectivity index (χ1v) is 5.32. The van der Waals surface area contributed by atoms with Crippen LogP contribution in [0.3, 0.4) is 0 Å². The highest BCUT2D eigenvalue weighted by Crippen LogP contribution is 2.11. The van der Waals surface area contributed by atoms with Gasteiger partial charge in [0, 0.05) is 36.5 Å². The minimum atomic E-state index is 0.795. The number of anilines is 1. The number of aryl methyl sites for hydroxylation is 2. The molecule has 82 valence electrons. The Kier molecular flexibility index (Phi) is 3.15. The molecule has 0 fully saturated rings. The molecule has 0 saturated heterocycles. The van der Waals surface area contributed by atoms with Gasteiger partial charge in [0.05, 0.1) is 0 Å². The Bertz CT molecular complexity index is 480. The van der Waals surface area contributed by atoms with E-state index in [1.54, 1.807) is 0 Å². The van der Waals surface area contributed by atoms with Crippen LogP contribution in [0.1, 0.15) is 16.8 Å². The van der Waals surface area contributed by atoms with Crippen molar-refractivity contribution in [2.24, 2.45) is 0 Å². The van der Waals surface area contributed by atoms with Crippen molar-refractivity contribution in [1.29, 1.82) is 0 Å². The Morgan fingerprint density at radius 1 is 1.19 bits per heavy atom. The smallest absolute Gasteiger partial charge is 0.0418 e. The lowest BCUT2D eigenvalue weighted by Gasteiger charge is -2.08. The quantitative estimate of drug-likeness (QED) is 0.851. The maximum absolute atomic E-state index is 4.16. The lowest BCUT2D eigenvalue weighted by atomic mass is 10.1. The van der Waals surface area contributed by atoms with E-state index in [2.05, 4.69) is 22.2 Å². The van der Waals surface area contributed by atoms with Crippen molar-refractivity contribution < 1.29 is 0 Å². The molecule has 0 aliphatic rings. The normalized spacial score (nSPS) is 10.1. The van der Waals surface area contributed by atoms with E-state index in [1.807, 2.05) is 43.7 Å². The van der Waals surface area contributed by atoms with Crippen LogP contribution in [0.15, 0.2) is 36.8 Å². The van der Waals surface area contributed by atoms with Gasteiger partial charge in [-0.3, -0.25) is 9.97 Å². The molecule has 0 amide bonds. The Morgan fingerprint density at radius 3 is 2.81 bits per heavy atom. The zero-order valence-corrected chi connectivity index (χ0v) is 9.57. The van der Waals surface area contributed by atoms with Crippen LogP contribution in [0, 0.1) is 13.8 Å². The van der Waals surface area contributed by atoms with Crippen LogP contribution < -0.4 is 5.32 Å². The third kappa shape index (κ3) is 2.57. The van der Waals surface area contributed by atoms with Crippen LogP contribution in [0.4, 0.5) is 5.69 Å². The standard InChI is InChI=1S/C13H15N3/c1-10-3-5-14-8-12(10)9-16-13-4-6-15-11(2)7-13/h3-8H,9H2,1-2H3,(H,15,16). The fraction of sp³-hybridized carbons (Fsp3) is 0.231. The highest BCUT2D eigenvalue weighted by molar-refractivity contribution is 5.43. The van der Waals surface area contributed by atoms with Gasteiger partial charge in [-0.15, -0.1) is 0 Å². The van der Waals surface area contributed by atoms with Crippen molar-refractivity contribution in [3.63, 3.8) is 0 Å². The second kappa shape index (κ2) is 4.75. The summed E-state index contributed by atoms with van der Waals surface area (Å²) in [5.74, 6) is 0. The number of aromatic nitrogens is 2. The first-order chi connectivity index (χ1) is 7.75. The molecule has 0 spiro atoms. The number of hydrogen-bond donors (Lipinski definition) is 1. The number of pyridine rings is 2. The molecular formula is C13H15N3. The largest absolute Gasteiger partial charge is 0.381 e. The Hall–Kier alpha value is -1.90. The molecule has 3 nitrogen and oxygen atoms in total. The van der Waals surface area contributed by atoms with E-state index in [0.29, 0.717) is 0 Å². The van der Waals surface area contributed by atoms with Gasteiger partial charge in [-0.05, 0) is 43.2 Å². The molecule has 0 saturated carbocycles. The van der Waals surface area contributed by atoms with Crippen LogP contribution in [-0.2, 0) is 6.54 Å². The minimum Gasteiger partial charge on any atom is -0.381 e. The average molecular weight is 213 g/mol. The van der Waals surface area contributed by atoms with Gasteiger partial charge in [0.1, 0.15) is 0 Å². The summed E-state index contributed by atoms with van der Waals surface area (Å²) in [6.07, 6.45) is 5.53. The van der Waals surface area contributed by atoms with Crippen LogP contribution >= 0.6 is 0 Å². The van der Waals surface area contributed by atoms with E-state index < -0.39 is 0 Å². The molecule has 2 aromatic heterocycles. The molecule has 0 bridgehead atoms. The summed E-state index contributed by atoms with van der Waals surface area (Å²) in [6, 6.07) is 6.03. The average Bonchev–Trinajstić information content (AvgIpc) is 2.28. The summed E-state index contributed by atoms with van der Waals surface area (Å²) < 4.78 is 0. The first-order valence-electron chi connectivity index (χ1n) is 5.32. The number of hydrogen-bond acceptors (Lipinski definition) is 3. The Labute approximate surface area is 95.6 Å². The molecule has 0 aliphatic carbocycles. The minimum absolute atomic E-state index is 0.795. The Balaban J connectivity index is 2.05. The van der Waals surface area contributed by atoms with E-state index in [9.17, 15) is 0 Å². The second-order valence-electron chi connectivity index (χ2n) is 3.84. The van der Waals surface area contributed by atoms with Crippen molar-refractivity contribution in [3.05, 3.63) is 53.6 Å². The van der Waals surface area contributed by atoms with Gasteiger partial charge in [-0.2, -0.15) is 0 Å². The zero-order chi connectivity index (χ0) is 11.4. The van der Waals surface area contributed by atoms with Gasteiger partial charge in [0.25, 0.3) is 0 Å². The maximum atomic E-state index is 4.16. The highest BCUT2D eigenvalue weighted by Gasteiger charge is 1.98. The molecule has 3 heteroatoms. The predicted octanol–water partition coefficient (Wildman–Crippen LogP) is 2.71. The fourth-order valence-electron chi connectivity index (χ4n) is 1.53. The van der Waals surface area contributed by atoms with Crippen molar-refractivity contribution in [2.75, 3.05) is 5.32 Å². The Morgan fingerprint density at radius 2 is 2.06 bits per heavy atom. The van der Waals surface area contributed by atoms with E-state index >= 15 is 0 Å². The molecule has 0 aromatic carbocycles. The second-order valence-corrected chi connectivity index (χ2v) is 3.84. The SMILES string of the molecule is Cc1cc(NCc2cnccc2C)ccn1. The zero-order valence-electron chi connectivity index (χ0n) is 9.57. The number of nitrogens with one attached hydrogen (secondary N) is 1. The van der Waals surface area contributed by atoms with E-state index in [0.717, 1.165) is 17.9 Å². The van der Waals surface area contributed by atoms with Crippen molar-refractivity contribution in [3.8, 4) is 0 Å². The summed E-state index contributed by atoms with van der Waals surface area (Å²) in [6.45, 7) is 4.88. The topological polar surface area (TPSA) is 37.8 Å². The lowest BCUT2D eigenvalue weighted by Crippen LogP contribution is -2.02. The number of rotatable bonds is 3. The van der Waals surface area contributed by atoms with Crippen LogP contribution in [-0.4, -0.2) is 9.97 Å². The van der Waals surface area contributed by atoms with Gasteiger partial charge in [-0.1, -0.05) is 0 Å². The summed E-state index contributed by atoms with van der Waals surface area (Å²) in [7, 11) is 0. The first kappa shape index (κ1) is 10.6. The third-order valence-corrected chi connectivity index (χ3v) is 2.53. The van der Waals surface area contributed by atoms with Crippen molar-refractivity contribution in [1.82, 2.24) is 9.97 Å². The maximum Gasteiger partial charge on any atom is 0.0418 e. The molecule has 2 rings (SSSR count). The molecule has 0 unspecified atom stereocenters. The third-order valence-electron chi connectivity index (χ3n) is 2.53. The van der Waals surface area contributed by atoms with Crippen LogP contribution in [0.5, 0.6) is 0 Å². The van der Waals surface area contributed by atoms with Crippen LogP contribution in [0.2, 0.25) is 0 Å². The van der Waals surface area contributed by atoms with Crippen LogP contribution in [0.25, 0.3) is 0 Å². The molecule has 1 N–H and O–H groups in total. The molecule has 2 aromatic rings.